The maximum atomic E-state index is 6.21. The van der Waals surface area contributed by atoms with Crippen molar-refractivity contribution in [1.29, 1.82) is 0 Å². The van der Waals surface area contributed by atoms with Gasteiger partial charge in [0.15, 0.2) is 6.23 Å². The van der Waals surface area contributed by atoms with Crippen LogP contribution in [0.5, 0.6) is 0 Å². The van der Waals surface area contributed by atoms with Crippen LogP contribution in [0.3, 0.4) is 0 Å². The van der Waals surface area contributed by atoms with Crippen LogP contribution >= 0.6 is 0 Å². The molecule has 0 amide bonds. The van der Waals surface area contributed by atoms with Crippen molar-refractivity contribution in [2.75, 3.05) is 7.05 Å². The first-order valence-electron chi connectivity index (χ1n) is 6.33. The monoisotopic (exact) mass is 242 g/mol. The Bertz CT molecular complexity index is 494. The molecule has 0 unspecified atom stereocenters. The van der Waals surface area contributed by atoms with Crippen LogP contribution in [0.25, 0.3) is 0 Å². The topological polar surface area (TPSA) is 28.3 Å². The quantitative estimate of drug-likeness (QED) is 0.876. The predicted octanol–water partition coefficient (Wildman–Crippen LogP) is 3.11. The van der Waals surface area contributed by atoms with E-state index in [1.54, 1.807) is 0 Å². The largest absolute Gasteiger partial charge is 0.362 e. The molecule has 0 aliphatic carbocycles. The molecule has 3 rings (SSSR count). The van der Waals surface area contributed by atoms with E-state index >= 15 is 0 Å². The van der Waals surface area contributed by atoms with Crippen LogP contribution in [-0.4, -0.2) is 23.0 Å². The molecule has 0 bridgehead atoms. The Morgan fingerprint density at radius 3 is 2.56 bits per heavy atom. The fourth-order valence-corrected chi connectivity index (χ4v) is 2.57. The summed E-state index contributed by atoms with van der Waals surface area (Å²) in [4.78, 5) is 5.50. The molecule has 0 spiro atoms. The maximum absolute atomic E-state index is 6.21. The molecule has 1 saturated heterocycles. The number of hydrogen-bond acceptors (Lipinski definition) is 2. The molecular weight excluding hydrogens is 224 g/mol. The molecule has 3 heteroatoms. The van der Waals surface area contributed by atoms with Crippen molar-refractivity contribution in [3.8, 4) is 0 Å². The van der Waals surface area contributed by atoms with E-state index in [2.05, 4.69) is 54.2 Å². The summed E-state index contributed by atoms with van der Waals surface area (Å²) >= 11 is 0. The fraction of sp³-hybridized carbons (Fsp3) is 0.333. The van der Waals surface area contributed by atoms with Crippen molar-refractivity contribution in [3.05, 3.63) is 59.9 Å². The number of rotatable bonds is 2. The standard InChI is InChI=1S/C15H18N2O/c1-11-14(12-7-4-3-5-8-12)18-15(17(11)2)13-9-6-10-16-13/h3-11,14-16H,1-2H3/t11-,14-,15-/m0/s1. The van der Waals surface area contributed by atoms with E-state index in [0.717, 1.165) is 5.69 Å². The number of ether oxygens (including phenoxy) is 1. The number of benzene rings is 1. The van der Waals surface area contributed by atoms with Crippen molar-refractivity contribution in [3.63, 3.8) is 0 Å². The minimum absolute atomic E-state index is 0.0141. The lowest BCUT2D eigenvalue weighted by molar-refractivity contribution is 0.00304. The summed E-state index contributed by atoms with van der Waals surface area (Å²) in [5, 5.41) is 0. The SMILES string of the molecule is C[C@H]1[C@@H](c2ccccc2)O[C@@H](c2ccc[nH]2)N1C. The lowest BCUT2D eigenvalue weighted by Gasteiger charge is -2.20. The van der Waals surface area contributed by atoms with E-state index in [0.29, 0.717) is 6.04 Å². The Labute approximate surface area is 107 Å². The summed E-state index contributed by atoms with van der Waals surface area (Å²) in [6.45, 7) is 2.21. The Kier molecular flexibility index (Phi) is 2.94. The molecule has 1 aromatic carbocycles. The summed E-state index contributed by atoms with van der Waals surface area (Å²) in [5.41, 5.74) is 2.36. The van der Waals surface area contributed by atoms with Crippen LogP contribution in [0.2, 0.25) is 0 Å². The van der Waals surface area contributed by atoms with Crippen LogP contribution in [0.4, 0.5) is 0 Å². The van der Waals surface area contributed by atoms with Gasteiger partial charge in [-0.3, -0.25) is 4.90 Å². The number of nitrogens with one attached hydrogen (secondary N) is 1. The van der Waals surface area contributed by atoms with Gasteiger partial charge in [-0.25, -0.2) is 0 Å². The van der Waals surface area contributed by atoms with E-state index in [1.165, 1.54) is 5.56 Å². The van der Waals surface area contributed by atoms with Gasteiger partial charge in [0.25, 0.3) is 0 Å². The number of H-pyrrole nitrogens is 1. The van der Waals surface area contributed by atoms with Crippen molar-refractivity contribution < 1.29 is 4.74 Å². The number of aromatic amines is 1. The molecule has 1 fully saturated rings. The number of hydrogen-bond donors (Lipinski definition) is 1. The minimum Gasteiger partial charge on any atom is -0.362 e. The van der Waals surface area contributed by atoms with E-state index in [4.69, 9.17) is 4.74 Å². The second-order valence-electron chi connectivity index (χ2n) is 4.85. The molecule has 2 heterocycles. The number of nitrogens with zero attached hydrogens (tertiary/aromatic N) is 1. The number of aromatic nitrogens is 1. The molecular formula is C15H18N2O. The van der Waals surface area contributed by atoms with Crippen molar-refractivity contribution in [1.82, 2.24) is 9.88 Å². The predicted molar refractivity (Wildman–Crippen MR) is 71.0 cm³/mol. The molecule has 1 aliphatic rings. The van der Waals surface area contributed by atoms with Gasteiger partial charge in [0, 0.05) is 12.2 Å². The molecule has 3 nitrogen and oxygen atoms in total. The molecule has 0 saturated carbocycles. The highest BCUT2D eigenvalue weighted by Gasteiger charge is 2.38. The van der Waals surface area contributed by atoms with Gasteiger partial charge in [-0.15, -0.1) is 0 Å². The summed E-state index contributed by atoms with van der Waals surface area (Å²) in [6.07, 6.45) is 2.08. The fourth-order valence-electron chi connectivity index (χ4n) is 2.57. The van der Waals surface area contributed by atoms with Crippen LogP contribution in [-0.2, 0) is 4.74 Å². The highest BCUT2D eigenvalue weighted by Crippen LogP contribution is 2.40. The summed E-state index contributed by atoms with van der Waals surface area (Å²) < 4.78 is 6.21. The lowest BCUT2D eigenvalue weighted by Crippen LogP contribution is -2.27. The summed E-state index contributed by atoms with van der Waals surface area (Å²) in [5.74, 6) is 0. The van der Waals surface area contributed by atoms with Gasteiger partial charge in [0.1, 0.15) is 6.10 Å². The average molecular weight is 242 g/mol. The third kappa shape index (κ3) is 1.85. The van der Waals surface area contributed by atoms with Crippen LogP contribution in [0.1, 0.15) is 30.5 Å². The molecule has 3 atom stereocenters. The maximum Gasteiger partial charge on any atom is 0.152 e. The molecule has 2 aromatic rings. The smallest absolute Gasteiger partial charge is 0.152 e. The van der Waals surface area contributed by atoms with E-state index in [-0.39, 0.29) is 12.3 Å². The Hall–Kier alpha value is -1.58. The summed E-state index contributed by atoms with van der Waals surface area (Å²) in [7, 11) is 2.11. The van der Waals surface area contributed by atoms with Crippen LogP contribution in [0, 0.1) is 0 Å². The van der Waals surface area contributed by atoms with Gasteiger partial charge in [-0.1, -0.05) is 30.3 Å². The Balaban J connectivity index is 1.87. The molecule has 94 valence electrons. The second kappa shape index (κ2) is 4.59. The third-order valence-corrected chi connectivity index (χ3v) is 3.74. The zero-order chi connectivity index (χ0) is 12.5. The molecule has 1 aliphatic heterocycles. The van der Waals surface area contributed by atoms with Gasteiger partial charge < -0.3 is 9.72 Å². The van der Waals surface area contributed by atoms with Gasteiger partial charge in [0.05, 0.1) is 5.69 Å². The normalized spacial score (nSPS) is 28.7. The summed E-state index contributed by atoms with van der Waals surface area (Å²) in [6, 6.07) is 14.9. The van der Waals surface area contributed by atoms with E-state index in [9.17, 15) is 0 Å². The first-order valence-corrected chi connectivity index (χ1v) is 6.33. The minimum atomic E-state index is 0.0141. The lowest BCUT2D eigenvalue weighted by atomic mass is 10.0. The molecule has 0 radical (unpaired) electrons. The van der Waals surface area contributed by atoms with Crippen molar-refractivity contribution in [2.45, 2.75) is 25.3 Å². The number of likely N-dealkylation sites (N-methyl/N-ethyl adjacent to an activating group) is 1. The highest BCUT2D eigenvalue weighted by atomic mass is 16.5. The second-order valence-corrected chi connectivity index (χ2v) is 4.85. The van der Waals surface area contributed by atoms with Crippen LogP contribution in [0.15, 0.2) is 48.7 Å². The zero-order valence-corrected chi connectivity index (χ0v) is 10.7. The Morgan fingerprint density at radius 1 is 1.11 bits per heavy atom. The zero-order valence-electron chi connectivity index (χ0n) is 10.7. The van der Waals surface area contributed by atoms with Gasteiger partial charge in [0.2, 0.25) is 0 Å². The highest BCUT2D eigenvalue weighted by molar-refractivity contribution is 5.21. The van der Waals surface area contributed by atoms with Crippen LogP contribution < -0.4 is 0 Å². The Morgan fingerprint density at radius 2 is 1.89 bits per heavy atom. The molecule has 1 N–H and O–H groups in total. The van der Waals surface area contributed by atoms with E-state index < -0.39 is 0 Å². The van der Waals surface area contributed by atoms with Gasteiger partial charge in [-0.2, -0.15) is 0 Å². The van der Waals surface area contributed by atoms with E-state index in [1.807, 2.05) is 18.3 Å². The first-order chi connectivity index (χ1) is 8.77. The van der Waals surface area contributed by atoms with Gasteiger partial charge in [-0.05, 0) is 31.7 Å². The average Bonchev–Trinajstić information content (AvgIpc) is 3.01. The first kappa shape index (κ1) is 11.5. The molecule has 18 heavy (non-hydrogen) atoms. The van der Waals surface area contributed by atoms with Crippen molar-refractivity contribution in [2.24, 2.45) is 0 Å². The van der Waals surface area contributed by atoms with Gasteiger partial charge >= 0.3 is 0 Å². The third-order valence-electron chi connectivity index (χ3n) is 3.74. The molecule has 1 aromatic heterocycles. The van der Waals surface area contributed by atoms with Crippen molar-refractivity contribution >= 4 is 0 Å².